The number of hydrogen-bond donors (Lipinski definition) is 3. The number of benzene rings is 1. The van der Waals surface area contributed by atoms with Crippen LogP contribution in [-0.2, 0) is 15.0 Å². The van der Waals surface area contributed by atoms with E-state index in [2.05, 4.69) is 10.8 Å². The zero-order valence-corrected chi connectivity index (χ0v) is 13.4. The van der Waals surface area contributed by atoms with Crippen molar-refractivity contribution in [1.82, 2.24) is 5.48 Å². The second-order valence-electron chi connectivity index (χ2n) is 6.70. The third kappa shape index (κ3) is 2.85. The number of phenolic OH excluding ortho intramolecular Hbond substituents is 1. The highest BCUT2D eigenvalue weighted by Gasteiger charge is 2.48. The lowest BCUT2D eigenvalue weighted by molar-refractivity contribution is -0.125. The van der Waals surface area contributed by atoms with Gasteiger partial charge in [-0.2, -0.15) is 5.48 Å². The Labute approximate surface area is 135 Å². The van der Waals surface area contributed by atoms with Gasteiger partial charge in [0, 0.05) is 24.8 Å². The molecule has 0 aromatic heterocycles. The van der Waals surface area contributed by atoms with Crippen molar-refractivity contribution in [3.63, 3.8) is 0 Å². The molecule has 0 heterocycles. The minimum Gasteiger partial charge on any atom is -0.508 e. The number of carbonyl (C=O) groups is 2. The van der Waals surface area contributed by atoms with Gasteiger partial charge in [0.1, 0.15) is 5.75 Å². The van der Waals surface area contributed by atoms with Crippen molar-refractivity contribution in [2.75, 3.05) is 5.32 Å². The first kappa shape index (κ1) is 15.6. The molecule has 1 aromatic carbocycles. The maximum atomic E-state index is 11.6. The fourth-order valence-corrected chi connectivity index (χ4v) is 4.16. The molecule has 1 aromatic rings. The normalized spacial score (nSPS) is 25.2. The number of rotatable bonds is 4. The van der Waals surface area contributed by atoms with E-state index in [4.69, 9.17) is 4.84 Å². The number of carbonyl (C=O) groups excluding carboxylic acids is 2. The highest BCUT2D eigenvalue weighted by atomic mass is 16.7. The minimum atomic E-state index is -0.339. The summed E-state index contributed by atoms with van der Waals surface area (Å²) in [4.78, 5) is 28.1. The van der Waals surface area contributed by atoms with Gasteiger partial charge in [0.25, 0.3) is 0 Å². The predicted octanol–water partition coefficient (Wildman–Crippen LogP) is 2.61. The molecule has 3 rings (SSSR count). The molecule has 0 atom stereocenters. The fourth-order valence-electron chi connectivity index (χ4n) is 4.16. The molecule has 2 saturated carbocycles. The van der Waals surface area contributed by atoms with Gasteiger partial charge in [-0.1, -0.05) is 0 Å². The van der Waals surface area contributed by atoms with Crippen LogP contribution in [0.4, 0.5) is 5.69 Å². The highest BCUT2D eigenvalue weighted by Crippen LogP contribution is 2.59. The molecule has 3 N–H and O–H groups in total. The van der Waals surface area contributed by atoms with Crippen molar-refractivity contribution >= 4 is 17.5 Å². The van der Waals surface area contributed by atoms with Gasteiger partial charge in [-0.3, -0.25) is 9.59 Å². The lowest BCUT2D eigenvalue weighted by atomic mass is 9.76. The molecule has 0 aliphatic heterocycles. The van der Waals surface area contributed by atoms with Crippen molar-refractivity contribution in [1.29, 1.82) is 0 Å². The summed E-state index contributed by atoms with van der Waals surface area (Å²) in [7, 11) is 0. The van der Waals surface area contributed by atoms with Gasteiger partial charge >= 0.3 is 0 Å². The summed E-state index contributed by atoms with van der Waals surface area (Å²) < 4.78 is 0. The van der Waals surface area contributed by atoms with Gasteiger partial charge in [0.15, 0.2) is 5.75 Å². The van der Waals surface area contributed by atoms with E-state index in [1.165, 1.54) is 13.8 Å². The van der Waals surface area contributed by atoms with Crippen LogP contribution in [0.25, 0.3) is 0 Å². The van der Waals surface area contributed by atoms with Crippen LogP contribution in [0.15, 0.2) is 12.1 Å². The average molecular weight is 318 g/mol. The van der Waals surface area contributed by atoms with Crippen molar-refractivity contribution in [3.8, 4) is 11.5 Å². The zero-order valence-electron chi connectivity index (χ0n) is 13.4. The Kier molecular flexibility index (Phi) is 3.92. The van der Waals surface area contributed by atoms with Crippen molar-refractivity contribution in [2.45, 2.75) is 51.4 Å². The molecular formula is C17H22N2O4. The predicted molar refractivity (Wildman–Crippen MR) is 85.1 cm³/mol. The van der Waals surface area contributed by atoms with Gasteiger partial charge in [0.2, 0.25) is 11.8 Å². The first-order valence-corrected chi connectivity index (χ1v) is 7.99. The van der Waals surface area contributed by atoms with Gasteiger partial charge in [-0.15, -0.1) is 0 Å². The van der Waals surface area contributed by atoms with Crippen LogP contribution in [0, 0.1) is 5.92 Å². The Hall–Kier alpha value is -2.24. The van der Waals surface area contributed by atoms with Crippen molar-refractivity contribution in [2.24, 2.45) is 5.92 Å². The Bertz CT molecular complexity index is 648. The number of anilines is 1. The summed E-state index contributed by atoms with van der Waals surface area (Å²) in [5.41, 5.74) is 3.39. The molecule has 124 valence electrons. The molecule has 2 fully saturated rings. The minimum absolute atomic E-state index is 0.109. The summed E-state index contributed by atoms with van der Waals surface area (Å²) in [5, 5.41) is 13.3. The SMILES string of the molecule is CC(=O)NOc1ccc(O)c(C23CCC(CC2)C3)c1NC(C)=O. The van der Waals surface area contributed by atoms with Crippen molar-refractivity contribution in [3.05, 3.63) is 17.7 Å². The number of hydroxylamine groups is 1. The third-order valence-corrected chi connectivity index (χ3v) is 5.02. The molecule has 0 radical (unpaired) electrons. The smallest absolute Gasteiger partial charge is 0.249 e. The van der Waals surface area contributed by atoms with Crippen LogP contribution in [0.5, 0.6) is 11.5 Å². The van der Waals surface area contributed by atoms with Crippen LogP contribution >= 0.6 is 0 Å². The molecule has 2 aliphatic rings. The average Bonchev–Trinajstić information content (AvgIpc) is 3.07. The van der Waals surface area contributed by atoms with Crippen LogP contribution in [0.1, 0.15) is 51.5 Å². The second kappa shape index (κ2) is 5.76. The van der Waals surface area contributed by atoms with Crippen LogP contribution in [-0.4, -0.2) is 16.9 Å². The Balaban J connectivity index is 2.07. The monoisotopic (exact) mass is 318 g/mol. The second-order valence-corrected chi connectivity index (χ2v) is 6.70. The number of aromatic hydroxyl groups is 1. The first-order chi connectivity index (χ1) is 10.9. The van der Waals surface area contributed by atoms with E-state index in [0.717, 1.165) is 37.7 Å². The maximum Gasteiger partial charge on any atom is 0.249 e. The van der Waals surface area contributed by atoms with E-state index in [0.29, 0.717) is 17.4 Å². The standard InChI is InChI=1S/C17H22N2O4/c1-10(20)18-16-14(23-19-11(2)21)4-3-13(22)15(16)17-7-5-12(9-17)6-8-17/h3-4,12,22H,5-9H2,1-2H3,(H,18,20)(H,19,21). The molecule has 2 bridgehead atoms. The Morgan fingerprint density at radius 2 is 1.91 bits per heavy atom. The lowest BCUT2D eigenvalue weighted by Gasteiger charge is -2.31. The van der Waals surface area contributed by atoms with Crippen LogP contribution in [0.3, 0.4) is 0 Å². The Morgan fingerprint density at radius 3 is 2.43 bits per heavy atom. The van der Waals surface area contributed by atoms with Gasteiger partial charge in [-0.05, 0) is 50.2 Å². The summed E-state index contributed by atoms with van der Waals surface area (Å²) in [6.45, 7) is 2.76. The molecule has 6 nitrogen and oxygen atoms in total. The van der Waals surface area contributed by atoms with Crippen molar-refractivity contribution < 1.29 is 19.5 Å². The summed E-state index contributed by atoms with van der Waals surface area (Å²) in [6, 6.07) is 3.12. The summed E-state index contributed by atoms with van der Waals surface area (Å²) in [6.07, 6.45) is 5.32. The number of fused-ring (bicyclic) bond motifs is 2. The highest BCUT2D eigenvalue weighted by molar-refractivity contribution is 5.92. The number of nitrogens with one attached hydrogen (secondary N) is 2. The van der Waals surface area contributed by atoms with E-state index in [1.54, 1.807) is 12.1 Å². The van der Waals surface area contributed by atoms with E-state index in [-0.39, 0.29) is 23.0 Å². The molecule has 6 heteroatoms. The fraction of sp³-hybridized carbons (Fsp3) is 0.529. The number of amides is 2. The molecular weight excluding hydrogens is 296 g/mol. The molecule has 0 spiro atoms. The lowest BCUT2D eigenvalue weighted by Crippen LogP contribution is -2.27. The molecule has 0 saturated heterocycles. The molecule has 2 amide bonds. The van der Waals surface area contributed by atoms with E-state index >= 15 is 0 Å². The quantitative estimate of drug-likeness (QED) is 0.745. The van der Waals surface area contributed by atoms with Gasteiger partial charge in [0.05, 0.1) is 5.69 Å². The summed E-state index contributed by atoms with van der Waals surface area (Å²) >= 11 is 0. The molecule has 0 unspecified atom stereocenters. The third-order valence-electron chi connectivity index (χ3n) is 5.02. The zero-order chi connectivity index (χ0) is 16.6. The van der Waals surface area contributed by atoms with E-state index in [9.17, 15) is 14.7 Å². The topological polar surface area (TPSA) is 87.7 Å². The number of phenols is 1. The van der Waals surface area contributed by atoms with Gasteiger partial charge < -0.3 is 15.3 Å². The van der Waals surface area contributed by atoms with E-state index in [1.807, 2.05) is 0 Å². The molecule has 23 heavy (non-hydrogen) atoms. The number of hydrogen-bond acceptors (Lipinski definition) is 4. The van der Waals surface area contributed by atoms with Crippen LogP contribution < -0.4 is 15.6 Å². The largest absolute Gasteiger partial charge is 0.508 e. The first-order valence-electron chi connectivity index (χ1n) is 7.99. The van der Waals surface area contributed by atoms with Crippen LogP contribution in [0.2, 0.25) is 0 Å². The molecule has 2 aliphatic carbocycles. The Morgan fingerprint density at radius 1 is 1.22 bits per heavy atom. The maximum absolute atomic E-state index is 11.6. The summed E-state index contributed by atoms with van der Waals surface area (Å²) in [5.74, 6) is 0.626. The van der Waals surface area contributed by atoms with Gasteiger partial charge in [-0.25, -0.2) is 0 Å². The van der Waals surface area contributed by atoms with E-state index < -0.39 is 0 Å².